The van der Waals surface area contributed by atoms with Crippen molar-refractivity contribution in [3.8, 4) is 0 Å². The maximum atomic E-state index is 11.8. The SMILES string of the molecule is CN(C)CCNS(=O)(=O)c1cccc(Br)c1. The summed E-state index contributed by atoms with van der Waals surface area (Å²) in [4.78, 5) is 2.20. The molecule has 16 heavy (non-hydrogen) atoms. The molecule has 0 atom stereocenters. The fourth-order valence-electron chi connectivity index (χ4n) is 1.12. The fraction of sp³-hybridized carbons (Fsp3) is 0.400. The highest BCUT2D eigenvalue weighted by Gasteiger charge is 2.13. The van der Waals surface area contributed by atoms with Gasteiger partial charge in [0.25, 0.3) is 0 Å². The van der Waals surface area contributed by atoms with Crippen LogP contribution in [0.2, 0.25) is 0 Å². The third kappa shape index (κ3) is 4.21. The van der Waals surface area contributed by atoms with Crippen LogP contribution in [0.15, 0.2) is 33.6 Å². The van der Waals surface area contributed by atoms with Crippen molar-refractivity contribution in [2.75, 3.05) is 27.2 Å². The summed E-state index contributed by atoms with van der Waals surface area (Å²) in [6, 6.07) is 6.64. The molecule has 90 valence electrons. The Bertz CT molecular complexity index is 446. The summed E-state index contributed by atoms with van der Waals surface area (Å²) < 4.78 is 26.9. The van der Waals surface area contributed by atoms with E-state index in [0.717, 1.165) is 4.47 Å². The summed E-state index contributed by atoms with van der Waals surface area (Å²) in [6.07, 6.45) is 0. The van der Waals surface area contributed by atoms with Crippen LogP contribution in [0.3, 0.4) is 0 Å². The Morgan fingerprint density at radius 1 is 1.38 bits per heavy atom. The zero-order valence-corrected chi connectivity index (χ0v) is 11.7. The van der Waals surface area contributed by atoms with Gasteiger partial charge < -0.3 is 4.90 Å². The van der Waals surface area contributed by atoms with E-state index in [1.54, 1.807) is 24.3 Å². The second kappa shape index (κ2) is 5.77. The van der Waals surface area contributed by atoms with Gasteiger partial charge in [0.15, 0.2) is 0 Å². The molecule has 0 aliphatic heterocycles. The molecular weight excluding hydrogens is 292 g/mol. The molecule has 0 aliphatic rings. The maximum absolute atomic E-state index is 11.8. The largest absolute Gasteiger partial charge is 0.308 e. The second-order valence-corrected chi connectivity index (χ2v) is 6.34. The quantitative estimate of drug-likeness (QED) is 0.892. The van der Waals surface area contributed by atoms with Crippen molar-refractivity contribution in [3.63, 3.8) is 0 Å². The monoisotopic (exact) mass is 306 g/mol. The van der Waals surface area contributed by atoms with Gasteiger partial charge in [-0.15, -0.1) is 0 Å². The van der Waals surface area contributed by atoms with Crippen molar-refractivity contribution in [2.45, 2.75) is 4.90 Å². The topological polar surface area (TPSA) is 49.4 Å². The molecule has 1 aromatic carbocycles. The fourth-order valence-corrected chi connectivity index (χ4v) is 2.74. The second-order valence-electron chi connectivity index (χ2n) is 3.66. The summed E-state index contributed by atoms with van der Waals surface area (Å²) in [5, 5.41) is 0. The Hall–Kier alpha value is -0.430. The first-order valence-electron chi connectivity index (χ1n) is 4.82. The van der Waals surface area contributed by atoms with Crippen LogP contribution in [0.5, 0.6) is 0 Å². The molecule has 1 rings (SSSR count). The lowest BCUT2D eigenvalue weighted by Gasteiger charge is -2.11. The highest BCUT2D eigenvalue weighted by atomic mass is 79.9. The van der Waals surface area contributed by atoms with Gasteiger partial charge >= 0.3 is 0 Å². The summed E-state index contributed by atoms with van der Waals surface area (Å²) in [7, 11) is 0.407. The van der Waals surface area contributed by atoms with Crippen molar-refractivity contribution < 1.29 is 8.42 Å². The zero-order valence-electron chi connectivity index (χ0n) is 9.27. The van der Waals surface area contributed by atoms with E-state index in [4.69, 9.17) is 0 Å². The van der Waals surface area contributed by atoms with Gasteiger partial charge in [0, 0.05) is 17.6 Å². The van der Waals surface area contributed by atoms with Gasteiger partial charge in [0.05, 0.1) is 4.90 Å². The number of rotatable bonds is 5. The third-order valence-corrected chi connectivity index (χ3v) is 3.91. The van der Waals surface area contributed by atoms with E-state index < -0.39 is 10.0 Å². The van der Waals surface area contributed by atoms with E-state index >= 15 is 0 Å². The van der Waals surface area contributed by atoms with Gasteiger partial charge in [-0.2, -0.15) is 0 Å². The first-order valence-corrected chi connectivity index (χ1v) is 7.09. The van der Waals surface area contributed by atoms with Crippen LogP contribution in [-0.4, -0.2) is 40.5 Å². The van der Waals surface area contributed by atoms with E-state index in [2.05, 4.69) is 20.7 Å². The summed E-state index contributed by atoms with van der Waals surface area (Å²) in [6.45, 7) is 1.08. The van der Waals surface area contributed by atoms with Crippen LogP contribution in [-0.2, 0) is 10.0 Å². The average molecular weight is 307 g/mol. The minimum Gasteiger partial charge on any atom is -0.308 e. The van der Waals surface area contributed by atoms with Crippen LogP contribution in [0.25, 0.3) is 0 Å². The van der Waals surface area contributed by atoms with E-state index in [1.807, 2.05) is 19.0 Å². The van der Waals surface area contributed by atoms with Crippen LogP contribution in [0.1, 0.15) is 0 Å². The zero-order chi connectivity index (χ0) is 12.2. The molecule has 0 aliphatic carbocycles. The number of nitrogens with zero attached hydrogens (tertiary/aromatic N) is 1. The van der Waals surface area contributed by atoms with Crippen molar-refractivity contribution in [2.24, 2.45) is 0 Å². The lowest BCUT2D eigenvalue weighted by atomic mass is 10.4. The maximum Gasteiger partial charge on any atom is 0.240 e. The molecule has 0 bridgehead atoms. The van der Waals surface area contributed by atoms with Gasteiger partial charge in [-0.25, -0.2) is 13.1 Å². The smallest absolute Gasteiger partial charge is 0.240 e. The number of likely N-dealkylation sites (N-methyl/N-ethyl adjacent to an activating group) is 1. The molecule has 0 heterocycles. The average Bonchev–Trinajstić information content (AvgIpc) is 2.16. The van der Waals surface area contributed by atoms with Gasteiger partial charge in [0.2, 0.25) is 10.0 Å². The van der Waals surface area contributed by atoms with E-state index in [9.17, 15) is 8.42 Å². The molecule has 0 radical (unpaired) electrons. The van der Waals surface area contributed by atoms with Gasteiger partial charge in [-0.05, 0) is 32.3 Å². The third-order valence-electron chi connectivity index (χ3n) is 1.96. The number of hydrogen-bond donors (Lipinski definition) is 1. The van der Waals surface area contributed by atoms with Crippen LogP contribution in [0.4, 0.5) is 0 Å². The van der Waals surface area contributed by atoms with Crippen LogP contribution in [0, 0.1) is 0 Å². The minimum absolute atomic E-state index is 0.278. The van der Waals surface area contributed by atoms with Crippen molar-refractivity contribution in [1.82, 2.24) is 9.62 Å². The van der Waals surface area contributed by atoms with E-state index in [1.165, 1.54) is 0 Å². The van der Waals surface area contributed by atoms with Gasteiger partial charge in [-0.1, -0.05) is 22.0 Å². The van der Waals surface area contributed by atoms with Crippen molar-refractivity contribution in [3.05, 3.63) is 28.7 Å². The number of halogens is 1. The lowest BCUT2D eigenvalue weighted by Crippen LogP contribution is -2.31. The molecule has 0 unspecified atom stereocenters. The Kier molecular flexibility index (Phi) is 4.91. The van der Waals surface area contributed by atoms with Crippen molar-refractivity contribution in [1.29, 1.82) is 0 Å². The number of sulfonamides is 1. The van der Waals surface area contributed by atoms with Gasteiger partial charge in [-0.3, -0.25) is 0 Å². The molecular formula is C10H15BrN2O2S. The highest BCUT2D eigenvalue weighted by Crippen LogP contribution is 2.15. The van der Waals surface area contributed by atoms with Crippen molar-refractivity contribution >= 4 is 26.0 Å². The molecule has 0 spiro atoms. The summed E-state index contributed by atoms with van der Waals surface area (Å²) in [5.74, 6) is 0. The van der Waals surface area contributed by atoms with E-state index in [0.29, 0.717) is 13.1 Å². The van der Waals surface area contributed by atoms with Crippen LogP contribution >= 0.6 is 15.9 Å². The Morgan fingerprint density at radius 3 is 2.62 bits per heavy atom. The molecule has 0 fully saturated rings. The summed E-state index contributed by atoms with van der Waals surface area (Å²) in [5.41, 5.74) is 0. The Morgan fingerprint density at radius 2 is 2.06 bits per heavy atom. The predicted octanol–water partition coefficient (Wildman–Crippen LogP) is 1.29. The molecule has 0 amide bonds. The predicted molar refractivity (Wildman–Crippen MR) is 67.9 cm³/mol. The lowest BCUT2D eigenvalue weighted by molar-refractivity contribution is 0.412. The number of benzene rings is 1. The van der Waals surface area contributed by atoms with Gasteiger partial charge in [0.1, 0.15) is 0 Å². The van der Waals surface area contributed by atoms with E-state index in [-0.39, 0.29) is 4.90 Å². The first-order chi connectivity index (χ1) is 7.42. The molecule has 0 aromatic heterocycles. The van der Waals surface area contributed by atoms with Crippen LogP contribution < -0.4 is 4.72 Å². The molecule has 0 saturated carbocycles. The molecule has 1 N–H and O–H groups in total. The molecule has 1 aromatic rings. The standard InChI is InChI=1S/C10H15BrN2O2S/c1-13(2)7-6-12-16(14,15)10-5-3-4-9(11)8-10/h3-5,8,12H,6-7H2,1-2H3. The molecule has 4 nitrogen and oxygen atoms in total. The Labute approximate surface area is 105 Å². The normalized spacial score (nSPS) is 12.0. The summed E-state index contributed by atoms with van der Waals surface area (Å²) >= 11 is 3.25. The molecule has 6 heteroatoms. The molecule has 0 saturated heterocycles. The highest BCUT2D eigenvalue weighted by molar-refractivity contribution is 9.10. The number of hydrogen-bond acceptors (Lipinski definition) is 3. The first kappa shape index (κ1) is 13.6. The Balaban J connectivity index is 2.71. The number of nitrogens with one attached hydrogen (secondary N) is 1. The minimum atomic E-state index is -3.39.